The van der Waals surface area contributed by atoms with Gasteiger partial charge in [0.1, 0.15) is 0 Å². The van der Waals surface area contributed by atoms with E-state index in [4.69, 9.17) is 9.73 Å². The van der Waals surface area contributed by atoms with Crippen LogP contribution in [0.25, 0.3) is 0 Å². The number of hydrogen-bond acceptors (Lipinski definition) is 6. The lowest BCUT2D eigenvalue weighted by atomic mass is 10.0. The third kappa shape index (κ3) is 2.96. The van der Waals surface area contributed by atoms with Crippen molar-refractivity contribution in [2.24, 2.45) is 10.9 Å². The van der Waals surface area contributed by atoms with Gasteiger partial charge in [-0.25, -0.2) is 4.98 Å². The molecule has 8 heteroatoms. The van der Waals surface area contributed by atoms with Gasteiger partial charge >= 0.3 is 0 Å². The van der Waals surface area contributed by atoms with Gasteiger partial charge < -0.3 is 9.64 Å². The Kier molecular flexibility index (Phi) is 4.43. The molecule has 0 radical (unpaired) electrons. The van der Waals surface area contributed by atoms with Crippen LogP contribution in [0.3, 0.4) is 0 Å². The van der Waals surface area contributed by atoms with Gasteiger partial charge in [-0.15, -0.1) is 0 Å². The number of rotatable bonds is 4. The van der Waals surface area contributed by atoms with Crippen LogP contribution in [0, 0.1) is 9.49 Å². The van der Waals surface area contributed by atoms with Crippen LogP contribution in [0.1, 0.15) is 31.8 Å². The molecule has 0 spiro atoms. The Bertz CT molecular complexity index is 1090. The van der Waals surface area contributed by atoms with Crippen molar-refractivity contribution in [3.8, 4) is 5.88 Å². The first-order valence-corrected chi connectivity index (χ1v) is 10.5. The second-order valence-corrected chi connectivity index (χ2v) is 8.91. The summed E-state index contributed by atoms with van der Waals surface area (Å²) in [5, 5.41) is 0. The quantitative estimate of drug-likeness (QED) is 0.475. The van der Waals surface area contributed by atoms with Crippen LogP contribution < -0.4 is 4.74 Å². The Morgan fingerprint density at radius 2 is 1.93 bits per heavy atom. The number of methoxy groups -OCH3 is 1. The normalized spacial score (nSPS) is 18.6. The van der Waals surface area contributed by atoms with Gasteiger partial charge in [0, 0.05) is 41.7 Å². The van der Waals surface area contributed by atoms with E-state index < -0.39 is 0 Å². The number of halogens is 1. The molecule has 5 rings (SSSR count). The lowest BCUT2D eigenvalue weighted by molar-refractivity contribution is 0.0519. The highest BCUT2D eigenvalue weighted by molar-refractivity contribution is 14.1. The minimum absolute atomic E-state index is 0.190. The molecule has 3 aliphatic rings. The minimum atomic E-state index is -0.209. The van der Waals surface area contributed by atoms with Crippen molar-refractivity contribution in [2.45, 2.75) is 6.42 Å². The highest BCUT2D eigenvalue weighted by Crippen LogP contribution is 2.37. The smallest absolute Gasteiger partial charge is 0.261 e. The van der Waals surface area contributed by atoms with Crippen LogP contribution in [0.5, 0.6) is 5.88 Å². The molecule has 0 aliphatic carbocycles. The average Bonchev–Trinajstić information content (AvgIpc) is 3.19. The van der Waals surface area contributed by atoms with Crippen LogP contribution in [-0.4, -0.2) is 66.1 Å². The number of likely N-dealkylation sites (tertiary alicyclic amines) is 1. The number of nitrogens with zero attached hydrogens (tertiary/aromatic N) is 4. The van der Waals surface area contributed by atoms with Gasteiger partial charge in [-0.3, -0.25) is 19.5 Å². The third-order valence-corrected chi connectivity index (χ3v) is 6.61. The SMILES string of the molecule is COc1nccc(I)c1C1=Nc2cc3c(cc2C1)C(=O)N(CC1CN(C)C1)C3=O. The molecule has 29 heavy (non-hydrogen) atoms. The Morgan fingerprint density at radius 3 is 2.62 bits per heavy atom. The summed E-state index contributed by atoms with van der Waals surface area (Å²) in [5.41, 5.74) is 4.34. The van der Waals surface area contributed by atoms with Gasteiger partial charge in [0.15, 0.2) is 0 Å². The number of benzene rings is 1. The number of amides is 2. The molecule has 7 nitrogen and oxygen atoms in total. The number of fused-ring (bicyclic) bond motifs is 2. The van der Waals surface area contributed by atoms with Crippen molar-refractivity contribution >= 4 is 45.8 Å². The predicted octanol–water partition coefficient (Wildman–Crippen LogP) is 2.53. The monoisotopic (exact) mass is 502 g/mol. The number of carbonyl (C=O) groups excluding carboxylic acids is 2. The highest BCUT2D eigenvalue weighted by Gasteiger charge is 2.40. The summed E-state index contributed by atoms with van der Waals surface area (Å²) in [6.07, 6.45) is 2.28. The highest BCUT2D eigenvalue weighted by atomic mass is 127. The molecule has 2 aromatic rings. The van der Waals surface area contributed by atoms with Gasteiger partial charge in [-0.1, -0.05) is 0 Å². The van der Waals surface area contributed by atoms with Gasteiger partial charge in [0.05, 0.1) is 35.2 Å². The van der Waals surface area contributed by atoms with Crippen LogP contribution in [-0.2, 0) is 6.42 Å². The fourth-order valence-electron chi connectivity index (χ4n) is 4.33. The van der Waals surface area contributed by atoms with E-state index in [-0.39, 0.29) is 11.8 Å². The molecular formula is C21H19IN4O3. The second kappa shape index (κ2) is 6.88. The summed E-state index contributed by atoms with van der Waals surface area (Å²) in [6.45, 7) is 2.33. The lowest BCUT2D eigenvalue weighted by Gasteiger charge is -2.37. The van der Waals surface area contributed by atoms with E-state index in [0.717, 1.165) is 39.2 Å². The molecule has 4 heterocycles. The first-order valence-electron chi connectivity index (χ1n) is 9.44. The number of carbonyl (C=O) groups is 2. The molecule has 1 saturated heterocycles. The second-order valence-electron chi connectivity index (χ2n) is 7.75. The fraction of sp³-hybridized carbons (Fsp3) is 0.333. The lowest BCUT2D eigenvalue weighted by Crippen LogP contribution is -2.50. The summed E-state index contributed by atoms with van der Waals surface area (Å²) in [4.78, 5) is 38.4. The van der Waals surface area contributed by atoms with Gasteiger partial charge in [-0.2, -0.15) is 0 Å². The first-order chi connectivity index (χ1) is 14.0. The van der Waals surface area contributed by atoms with Crippen molar-refractivity contribution in [2.75, 3.05) is 33.8 Å². The van der Waals surface area contributed by atoms with Gasteiger partial charge in [0.25, 0.3) is 11.8 Å². The average molecular weight is 502 g/mol. The van der Waals surface area contributed by atoms with E-state index in [0.29, 0.717) is 35.9 Å². The van der Waals surface area contributed by atoms with Crippen LogP contribution in [0.4, 0.5) is 5.69 Å². The number of ether oxygens (including phenoxy) is 1. The Balaban J connectivity index is 1.47. The summed E-state index contributed by atoms with van der Waals surface area (Å²) in [5.74, 6) is 0.488. The van der Waals surface area contributed by atoms with Crippen molar-refractivity contribution in [1.29, 1.82) is 0 Å². The molecule has 1 aromatic heterocycles. The number of hydrogen-bond donors (Lipinski definition) is 0. The molecule has 2 amide bonds. The van der Waals surface area contributed by atoms with Crippen molar-refractivity contribution < 1.29 is 14.3 Å². The fourth-order valence-corrected chi connectivity index (χ4v) is 5.03. The molecule has 0 bridgehead atoms. The van der Waals surface area contributed by atoms with Crippen molar-refractivity contribution in [3.05, 3.63) is 50.2 Å². The van der Waals surface area contributed by atoms with Gasteiger partial charge in [0.2, 0.25) is 5.88 Å². The van der Waals surface area contributed by atoms with E-state index >= 15 is 0 Å². The maximum absolute atomic E-state index is 12.9. The number of imide groups is 1. The minimum Gasteiger partial charge on any atom is -0.480 e. The zero-order chi connectivity index (χ0) is 20.3. The van der Waals surface area contributed by atoms with E-state index in [1.807, 2.05) is 19.2 Å². The molecular weight excluding hydrogens is 483 g/mol. The van der Waals surface area contributed by atoms with Crippen LogP contribution >= 0.6 is 22.6 Å². The molecule has 0 atom stereocenters. The maximum atomic E-state index is 12.9. The summed E-state index contributed by atoms with van der Waals surface area (Å²) in [7, 11) is 3.63. The topological polar surface area (TPSA) is 75.1 Å². The Morgan fingerprint density at radius 1 is 1.21 bits per heavy atom. The predicted molar refractivity (Wildman–Crippen MR) is 116 cm³/mol. The summed E-state index contributed by atoms with van der Waals surface area (Å²) in [6, 6.07) is 5.51. The number of pyridine rings is 1. The van der Waals surface area contributed by atoms with Gasteiger partial charge in [-0.05, 0) is 53.4 Å². The first kappa shape index (κ1) is 18.7. The van der Waals surface area contributed by atoms with E-state index in [2.05, 4.69) is 32.5 Å². The molecule has 148 valence electrons. The Labute approximate surface area is 181 Å². The molecule has 0 unspecified atom stereocenters. The molecule has 1 fully saturated rings. The molecule has 0 saturated carbocycles. The largest absolute Gasteiger partial charge is 0.480 e. The van der Waals surface area contributed by atoms with E-state index in [1.165, 1.54) is 4.90 Å². The van der Waals surface area contributed by atoms with Crippen LogP contribution in [0.15, 0.2) is 29.4 Å². The zero-order valence-corrected chi connectivity index (χ0v) is 18.3. The van der Waals surface area contributed by atoms with Crippen molar-refractivity contribution in [3.63, 3.8) is 0 Å². The van der Waals surface area contributed by atoms with E-state index in [1.54, 1.807) is 19.4 Å². The summed E-state index contributed by atoms with van der Waals surface area (Å²) >= 11 is 2.24. The van der Waals surface area contributed by atoms with Crippen molar-refractivity contribution in [1.82, 2.24) is 14.8 Å². The number of aliphatic imine (C=N–C) groups is 1. The molecule has 1 aromatic carbocycles. The van der Waals surface area contributed by atoms with Crippen LogP contribution in [0.2, 0.25) is 0 Å². The molecule has 0 N–H and O–H groups in total. The summed E-state index contributed by atoms with van der Waals surface area (Å²) < 4.78 is 6.41. The zero-order valence-electron chi connectivity index (χ0n) is 16.1. The third-order valence-electron chi connectivity index (χ3n) is 5.71. The Hall–Kier alpha value is -2.33. The standard InChI is InChI=1S/C21H19IN4O3/c1-25-8-11(9-25)10-26-20(27)13-5-12-6-17(24-16(12)7-14(13)21(26)28)18-15(22)3-4-23-19(18)29-2/h3-5,7,11H,6,8-10H2,1-2H3. The number of aromatic nitrogens is 1. The maximum Gasteiger partial charge on any atom is 0.261 e. The van der Waals surface area contributed by atoms with E-state index in [9.17, 15) is 9.59 Å². The molecule has 3 aliphatic heterocycles.